The lowest BCUT2D eigenvalue weighted by atomic mass is 10.2. The van der Waals surface area contributed by atoms with Gasteiger partial charge in [0.05, 0.1) is 18.6 Å². The molecule has 0 spiro atoms. The van der Waals surface area contributed by atoms with Crippen LogP contribution < -0.4 is 15.0 Å². The van der Waals surface area contributed by atoms with Gasteiger partial charge in [-0.2, -0.15) is 13.2 Å². The van der Waals surface area contributed by atoms with Crippen molar-refractivity contribution in [2.75, 3.05) is 24.3 Å². The van der Waals surface area contributed by atoms with Gasteiger partial charge in [0.1, 0.15) is 18.0 Å². The number of nitrogens with one attached hydrogen (secondary N) is 1. The van der Waals surface area contributed by atoms with Crippen molar-refractivity contribution >= 4 is 63.4 Å². The number of halogens is 4. The van der Waals surface area contributed by atoms with Crippen LogP contribution in [0.4, 0.5) is 18.9 Å². The van der Waals surface area contributed by atoms with Gasteiger partial charge in [0.25, 0.3) is 5.91 Å². The highest BCUT2D eigenvalue weighted by molar-refractivity contribution is 8.14. The molecule has 0 radical (unpaired) electrons. The number of benzene rings is 1. The molecule has 170 valence electrons. The van der Waals surface area contributed by atoms with Gasteiger partial charge in [0.15, 0.2) is 5.17 Å². The molecule has 1 aromatic heterocycles. The largest absolute Gasteiger partial charge is 0.495 e. The third kappa shape index (κ3) is 5.84. The lowest BCUT2D eigenvalue weighted by Crippen LogP contribution is -2.36. The number of rotatable bonds is 6. The number of amidine groups is 1. The van der Waals surface area contributed by atoms with Gasteiger partial charge in [-0.05, 0) is 48.2 Å². The van der Waals surface area contributed by atoms with Gasteiger partial charge in [-0.25, -0.2) is 9.89 Å². The number of hydrogen-bond donors (Lipinski definition) is 1. The summed E-state index contributed by atoms with van der Waals surface area (Å²) in [6.45, 7) is 0.455. The van der Waals surface area contributed by atoms with Crippen LogP contribution in [0.3, 0.4) is 0 Å². The number of hydrogen-bond acceptors (Lipinski definition) is 6. The van der Waals surface area contributed by atoms with Gasteiger partial charge in [0.2, 0.25) is 5.91 Å². The summed E-state index contributed by atoms with van der Waals surface area (Å²) in [7, 11) is 1.42. The number of methoxy groups -OCH3 is 1. The summed E-state index contributed by atoms with van der Waals surface area (Å²) in [4.78, 5) is 31.5. The molecule has 2 aromatic rings. The summed E-state index contributed by atoms with van der Waals surface area (Å²) >= 11 is 8.38. The van der Waals surface area contributed by atoms with E-state index in [1.165, 1.54) is 29.4 Å². The second-order valence-electron chi connectivity index (χ2n) is 6.53. The molecule has 32 heavy (non-hydrogen) atoms. The van der Waals surface area contributed by atoms with E-state index in [2.05, 4.69) is 4.99 Å². The zero-order valence-corrected chi connectivity index (χ0v) is 19.2. The van der Waals surface area contributed by atoms with Gasteiger partial charge >= 0.3 is 6.18 Å². The highest BCUT2D eigenvalue weighted by Gasteiger charge is 2.35. The average molecular weight is 504 g/mol. The Morgan fingerprint density at radius 1 is 1.38 bits per heavy atom. The first-order valence-corrected chi connectivity index (χ1v) is 11.3. The second-order valence-corrected chi connectivity index (χ2v) is 8.86. The number of nitrogens with zero attached hydrogens (tertiary/aromatic N) is 2. The van der Waals surface area contributed by atoms with E-state index in [-0.39, 0.29) is 16.6 Å². The number of aliphatic imine (C=N–C) groups is 1. The van der Waals surface area contributed by atoms with Crippen LogP contribution in [0, 0.1) is 6.92 Å². The predicted molar refractivity (Wildman–Crippen MR) is 121 cm³/mol. The number of anilines is 1. The zero-order valence-electron chi connectivity index (χ0n) is 16.8. The van der Waals surface area contributed by atoms with E-state index in [1.807, 2.05) is 18.4 Å². The lowest BCUT2D eigenvalue weighted by molar-refractivity contribution is -0.136. The third-order valence-corrected chi connectivity index (χ3v) is 6.34. The first-order valence-electron chi connectivity index (χ1n) is 9.08. The zero-order chi connectivity index (χ0) is 23.5. The number of ether oxygens (including phenoxy) is 1. The summed E-state index contributed by atoms with van der Waals surface area (Å²) in [5.41, 5.74) is 1.39. The normalized spacial score (nSPS) is 15.3. The van der Waals surface area contributed by atoms with Crippen molar-refractivity contribution < 1.29 is 27.5 Å². The fraction of sp³-hybridized carbons (Fsp3) is 0.250. The first kappa shape index (κ1) is 24.1. The maximum Gasteiger partial charge on any atom is 0.405 e. The highest BCUT2D eigenvalue weighted by Crippen LogP contribution is 2.37. The van der Waals surface area contributed by atoms with E-state index in [4.69, 9.17) is 16.3 Å². The molecule has 0 unspecified atom stereocenters. The van der Waals surface area contributed by atoms with Gasteiger partial charge in [-0.15, -0.1) is 11.3 Å². The van der Waals surface area contributed by atoms with Gasteiger partial charge in [-0.1, -0.05) is 23.4 Å². The van der Waals surface area contributed by atoms with Crippen LogP contribution in [0.25, 0.3) is 6.08 Å². The van der Waals surface area contributed by atoms with Crippen molar-refractivity contribution in [2.24, 2.45) is 4.99 Å². The van der Waals surface area contributed by atoms with E-state index in [0.717, 1.165) is 22.2 Å². The molecular formula is C20H17ClF3N3O3S2. The fourth-order valence-electron chi connectivity index (χ4n) is 2.68. The number of amides is 2. The second kappa shape index (κ2) is 9.97. The molecule has 0 saturated heterocycles. The van der Waals surface area contributed by atoms with Crippen LogP contribution in [-0.2, 0) is 9.59 Å². The van der Waals surface area contributed by atoms with E-state index >= 15 is 0 Å². The van der Waals surface area contributed by atoms with Gasteiger partial charge in [0, 0.05) is 9.90 Å². The molecule has 1 aliphatic rings. The van der Waals surface area contributed by atoms with Crippen LogP contribution in [0.15, 0.2) is 40.3 Å². The van der Waals surface area contributed by atoms with Crippen LogP contribution in [0.5, 0.6) is 5.75 Å². The van der Waals surface area contributed by atoms with E-state index < -0.39 is 24.5 Å². The Kier molecular flexibility index (Phi) is 7.52. The smallest absolute Gasteiger partial charge is 0.405 e. The minimum absolute atomic E-state index is 0.121. The fourth-order valence-corrected chi connectivity index (χ4v) is 4.53. The van der Waals surface area contributed by atoms with Crippen molar-refractivity contribution in [1.29, 1.82) is 0 Å². The number of carbonyl (C=O) groups excluding carboxylic acids is 2. The minimum Gasteiger partial charge on any atom is -0.495 e. The molecule has 1 N–H and O–H groups in total. The molecule has 1 aliphatic heterocycles. The molecule has 0 aliphatic carbocycles. The Bertz CT molecular complexity index is 1100. The van der Waals surface area contributed by atoms with E-state index in [0.29, 0.717) is 16.5 Å². The van der Waals surface area contributed by atoms with E-state index in [1.54, 1.807) is 23.5 Å². The topological polar surface area (TPSA) is 71.0 Å². The Morgan fingerprint density at radius 2 is 2.12 bits per heavy atom. The summed E-state index contributed by atoms with van der Waals surface area (Å²) in [6.07, 6.45) is -2.89. The standard InChI is InChI=1S/C20H17ClF3N3O3S2/c1-11-5-6-31-16(11)8-13-18(29)27(14-7-12(21)3-4-15(14)30-2)19(26-13)32-9-17(28)25-10-20(22,23)24/h3-8H,9-10H2,1-2H3,(H,25,28)/b13-8+. The van der Waals surface area contributed by atoms with Crippen LogP contribution in [-0.4, -0.2) is 42.6 Å². The number of alkyl halides is 3. The maximum atomic E-state index is 13.2. The molecular weight excluding hydrogens is 487 g/mol. The highest BCUT2D eigenvalue weighted by atomic mass is 35.5. The Balaban J connectivity index is 1.92. The Labute approximate surface area is 195 Å². The SMILES string of the molecule is COc1ccc(Cl)cc1N1C(=O)/C(=C\c2sccc2C)N=C1SCC(=O)NCC(F)(F)F. The summed E-state index contributed by atoms with van der Waals surface area (Å²) in [6, 6.07) is 6.58. The molecule has 12 heteroatoms. The summed E-state index contributed by atoms with van der Waals surface area (Å²) < 4.78 is 42.4. The van der Waals surface area contributed by atoms with Crippen molar-refractivity contribution in [2.45, 2.75) is 13.1 Å². The molecule has 0 atom stereocenters. The lowest BCUT2D eigenvalue weighted by Gasteiger charge is -2.20. The average Bonchev–Trinajstić information content (AvgIpc) is 3.27. The van der Waals surface area contributed by atoms with Gasteiger partial charge < -0.3 is 10.1 Å². The van der Waals surface area contributed by atoms with Crippen LogP contribution in [0.2, 0.25) is 5.02 Å². The van der Waals surface area contributed by atoms with Crippen LogP contribution in [0.1, 0.15) is 10.4 Å². The van der Waals surface area contributed by atoms with E-state index in [9.17, 15) is 22.8 Å². The number of aryl methyl sites for hydroxylation is 1. The van der Waals surface area contributed by atoms with Crippen molar-refractivity contribution in [3.63, 3.8) is 0 Å². The van der Waals surface area contributed by atoms with Crippen LogP contribution >= 0.6 is 34.7 Å². The Morgan fingerprint density at radius 3 is 2.75 bits per heavy atom. The van der Waals surface area contributed by atoms with Gasteiger partial charge in [-0.3, -0.25) is 9.59 Å². The molecule has 6 nitrogen and oxygen atoms in total. The predicted octanol–water partition coefficient (Wildman–Crippen LogP) is 4.87. The molecule has 2 heterocycles. The molecule has 1 aromatic carbocycles. The number of thioether (sulfide) groups is 1. The number of thiophene rings is 1. The molecule has 0 saturated carbocycles. The Hall–Kier alpha value is -2.50. The molecule has 3 rings (SSSR count). The summed E-state index contributed by atoms with van der Waals surface area (Å²) in [5.74, 6) is -1.35. The quantitative estimate of drug-likeness (QED) is 0.571. The van der Waals surface area contributed by atoms with Crippen molar-refractivity contribution in [3.05, 3.63) is 50.8 Å². The first-order chi connectivity index (χ1) is 15.1. The third-order valence-electron chi connectivity index (χ3n) is 4.20. The minimum atomic E-state index is -4.52. The monoisotopic (exact) mass is 503 g/mol. The molecule has 2 amide bonds. The molecule has 0 fully saturated rings. The number of carbonyl (C=O) groups is 2. The van der Waals surface area contributed by atoms with Crippen molar-refractivity contribution in [1.82, 2.24) is 5.32 Å². The molecule has 0 bridgehead atoms. The summed E-state index contributed by atoms with van der Waals surface area (Å²) in [5, 5.41) is 4.14. The maximum absolute atomic E-state index is 13.2. The van der Waals surface area contributed by atoms with Crippen molar-refractivity contribution in [3.8, 4) is 5.75 Å².